The van der Waals surface area contributed by atoms with Gasteiger partial charge in [-0.2, -0.15) is 0 Å². The van der Waals surface area contributed by atoms with Crippen LogP contribution in [0.25, 0.3) is 0 Å². The summed E-state index contributed by atoms with van der Waals surface area (Å²) in [5.41, 5.74) is 2.06. The Morgan fingerprint density at radius 2 is 1.95 bits per heavy atom. The number of β-amino-alcohol motifs (C(OH)–C–C–N with tert-alkyl or cyclic N) is 1. The topological polar surface area (TPSA) is 72.9 Å². The van der Waals surface area contributed by atoms with Gasteiger partial charge >= 0.3 is 0 Å². The number of nitrogens with zero attached hydrogens (tertiary/aromatic N) is 2. The molecule has 0 atom stereocenters. The van der Waals surface area contributed by atoms with E-state index < -0.39 is 11.8 Å². The van der Waals surface area contributed by atoms with E-state index in [1.54, 1.807) is 0 Å². The molecule has 0 spiro atoms. The number of aliphatic hydroxyl groups is 1. The normalized spacial score (nSPS) is 14.9. The monoisotopic (exact) mass is 289 g/mol. The number of carbonyl (C=O) groups excluding carboxylic acids is 2. The van der Waals surface area contributed by atoms with Gasteiger partial charge in [-0.15, -0.1) is 0 Å². The molecule has 0 radical (unpaired) electrons. The molecule has 1 aliphatic heterocycles. The van der Waals surface area contributed by atoms with Crippen molar-refractivity contribution in [1.82, 2.24) is 9.80 Å². The molecule has 0 saturated heterocycles. The van der Waals surface area contributed by atoms with Crippen LogP contribution in [0.4, 0.5) is 5.69 Å². The molecule has 2 rings (SSSR count). The Balaban J connectivity index is 2.18. The molecule has 0 aromatic heterocycles. The number of hydrogen-bond donors (Lipinski definition) is 2. The molecule has 6 heteroatoms. The maximum absolute atomic E-state index is 12.1. The second-order valence-corrected chi connectivity index (χ2v) is 5.10. The molecule has 0 saturated carbocycles. The summed E-state index contributed by atoms with van der Waals surface area (Å²) < 4.78 is 0. The first kappa shape index (κ1) is 15.2. The average molecular weight is 289 g/mol. The number of aliphatic hydroxyl groups excluding tert-OH is 1. The predicted molar refractivity (Wildman–Crippen MR) is 79.3 cm³/mol. The molecule has 6 nitrogen and oxygen atoms in total. The minimum atomic E-state index is -0.409. The van der Waals surface area contributed by atoms with Crippen molar-refractivity contribution in [3.8, 4) is 0 Å². The van der Waals surface area contributed by atoms with E-state index in [-0.39, 0.29) is 18.8 Å². The maximum atomic E-state index is 12.1. The number of nitrogens with one attached hydrogen (secondary N) is 1. The van der Waals surface area contributed by atoms with Crippen LogP contribution in [0.15, 0.2) is 36.0 Å². The van der Waals surface area contributed by atoms with Crippen LogP contribution in [0.2, 0.25) is 0 Å². The van der Waals surface area contributed by atoms with Crippen molar-refractivity contribution in [1.29, 1.82) is 0 Å². The second kappa shape index (κ2) is 6.51. The molecule has 112 valence electrons. The summed E-state index contributed by atoms with van der Waals surface area (Å²) in [5, 5.41) is 11.9. The summed E-state index contributed by atoms with van der Waals surface area (Å²) in [6.45, 7) is 0.494. The zero-order valence-electron chi connectivity index (χ0n) is 12.2. The van der Waals surface area contributed by atoms with Crippen LogP contribution in [-0.4, -0.2) is 54.0 Å². The number of hydrogen-bond acceptors (Lipinski definition) is 5. The lowest BCUT2D eigenvalue weighted by atomic mass is 10.1. The molecule has 0 aliphatic carbocycles. The van der Waals surface area contributed by atoms with E-state index in [4.69, 9.17) is 5.11 Å². The summed E-state index contributed by atoms with van der Waals surface area (Å²) in [7, 11) is 3.92. The van der Waals surface area contributed by atoms with Gasteiger partial charge in [0.25, 0.3) is 11.8 Å². The van der Waals surface area contributed by atoms with Crippen molar-refractivity contribution < 1.29 is 14.7 Å². The molecule has 1 aromatic carbocycles. The Kier molecular flexibility index (Phi) is 4.72. The highest BCUT2D eigenvalue weighted by Gasteiger charge is 2.30. The number of para-hydroxylation sites is 1. The largest absolute Gasteiger partial charge is 0.395 e. The van der Waals surface area contributed by atoms with Crippen molar-refractivity contribution in [3.63, 3.8) is 0 Å². The Bertz CT molecular complexity index is 581. The van der Waals surface area contributed by atoms with Crippen LogP contribution in [0.5, 0.6) is 0 Å². The summed E-state index contributed by atoms with van der Waals surface area (Å²) in [6.07, 6.45) is 1.27. The first-order valence-corrected chi connectivity index (χ1v) is 6.71. The van der Waals surface area contributed by atoms with E-state index in [0.29, 0.717) is 0 Å². The highest BCUT2D eigenvalue weighted by atomic mass is 16.3. The van der Waals surface area contributed by atoms with Gasteiger partial charge < -0.3 is 15.3 Å². The van der Waals surface area contributed by atoms with Crippen molar-refractivity contribution in [2.75, 3.05) is 32.6 Å². The van der Waals surface area contributed by atoms with Gasteiger partial charge in [0.15, 0.2) is 0 Å². The predicted octanol–water partition coefficient (Wildman–Crippen LogP) is 0.405. The SMILES string of the molecule is CN(C)Cc1ccccc1NC1=CC(=O)N(CCO)C1=O. The highest BCUT2D eigenvalue weighted by Crippen LogP contribution is 2.21. The molecular formula is C15H19N3O3. The molecule has 1 aromatic rings. The van der Waals surface area contributed by atoms with Crippen molar-refractivity contribution >= 4 is 17.5 Å². The Morgan fingerprint density at radius 1 is 1.24 bits per heavy atom. The maximum Gasteiger partial charge on any atom is 0.277 e. The third kappa shape index (κ3) is 3.48. The van der Waals surface area contributed by atoms with Gasteiger partial charge in [-0.1, -0.05) is 18.2 Å². The van der Waals surface area contributed by atoms with Gasteiger partial charge in [-0.05, 0) is 25.7 Å². The highest BCUT2D eigenvalue weighted by molar-refractivity contribution is 6.17. The first-order valence-electron chi connectivity index (χ1n) is 6.71. The minimum Gasteiger partial charge on any atom is -0.395 e. The summed E-state index contributed by atoms with van der Waals surface area (Å²) in [5.74, 6) is -0.810. The fourth-order valence-corrected chi connectivity index (χ4v) is 2.18. The Hall–Kier alpha value is -2.18. The Morgan fingerprint density at radius 3 is 2.62 bits per heavy atom. The van der Waals surface area contributed by atoms with Crippen LogP contribution in [0.3, 0.4) is 0 Å². The van der Waals surface area contributed by atoms with Crippen molar-refractivity contribution in [3.05, 3.63) is 41.6 Å². The van der Waals surface area contributed by atoms with Crippen LogP contribution in [-0.2, 0) is 16.1 Å². The van der Waals surface area contributed by atoms with E-state index in [1.165, 1.54) is 6.08 Å². The van der Waals surface area contributed by atoms with Crippen LogP contribution >= 0.6 is 0 Å². The van der Waals surface area contributed by atoms with E-state index >= 15 is 0 Å². The summed E-state index contributed by atoms with van der Waals surface area (Å²) in [6, 6.07) is 7.63. The average Bonchev–Trinajstić information content (AvgIpc) is 2.69. The quantitative estimate of drug-likeness (QED) is 0.742. The van der Waals surface area contributed by atoms with Crippen LogP contribution < -0.4 is 5.32 Å². The van der Waals surface area contributed by atoms with Crippen LogP contribution in [0.1, 0.15) is 5.56 Å². The van der Waals surface area contributed by atoms with E-state index in [2.05, 4.69) is 5.32 Å². The molecule has 21 heavy (non-hydrogen) atoms. The zero-order valence-corrected chi connectivity index (χ0v) is 12.2. The molecule has 0 bridgehead atoms. The molecule has 2 amide bonds. The summed E-state index contributed by atoms with van der Waals surface area (Å²) in [4.78, 5) is 26.9. The summed E-state index contributed by atoms with van der Waals surface area (Å²) >= 11 is 0. The number of benzene rings is 1. The first-order chi connectivity index (χ1) is 10.0. The fourth-order valence-electron chi connectivity index (χ4n) is 2.18. The van der Waals surface area contributed by atoms with Gasteiger partial charge in [0.05, 0.1) is 13.2 Å². The fraction of sp³-hybridized carbons (Fsp3) is 0.333. The van der Waals surface area contributed by atoms with Gasteiger partial charge in [0.2, 0.25) is 0 Å². The third-order valence-corrected chi connectivity index (χ3v) is 3.11. The molecule has 1 heterocycles. The van der Waals surface area contributed by atoms with Gasteiger partial charge in [-0.3, -0.25) is 14.5 Å². The standard InChI is InChI=1S/C15H19N3O3/c1-17(2)10-11-5-3-4-6-12(11)16-13-9-14(20)18(7-8-19)15(13)21/h3-6,9,16,19H,7-8,10H2,1-2H3. The molecular weight excluding hydrogens is 270 g/mol. The number of rotatable bonds is 6. The van der Waals surface area contributed by atoms with Crippen LogP contribution in [0, 0.1) is 0 Å². The van der Waals surface area contributed by atoms with Crippen molar-refractivity contribution in [2.24, 2.45) is 0 Å². The molecule has 1 aliphatic rings. The zero-order chi connectivity index (χ0) is 15.4. The molecule has 0 fully saturated rings. The van der Waals surface area contributed by atoms with Gasteiger partial charge in [0, 0.05) is 18.3 Å². The van der Waals surface area contributed by atoms with Gasteiger partial charge in [-0.25, -0.2) is 0 Å². The number of carbonyl (C=O) groups is 2. The van der Waals surface area contributed by atoms with E-state index in [0.717, 1.165) is 22.7 Å². The number of amides is 2. The van der Waals surface area contributed by atoms with E-state index in [9.17, 15) is 9.59 Å². The van der Waals surface area contributed by atoms with E-state index in [1.807, 2.05) is 43.3 Å². The van der Waals surface area contributed by atoms with Crippen molar-refractivity contribution in [2.45, 2.75) is 6.54 Å². The lowest BCUT2D eigenvalue weighted by Crippen LogP contribution is -2.34. The Labute approximate surface area is 123 Å². The molecule has 2 N–H and O–H groups in total. The smallest absolute Gasteiger partial charge is 0.277 e. The second-order valence-electron chi connectivity index (χ2n) is 5.10. The number of imide groups is 1. The van der Waals surface area contributed by atoms with Gasteiger partial charge in [0.1, 0.15) is 5.70 Å². The number of anilines is 1. The lowest BCUT2D eigenvalue weighted by molar-refractivity contribution is -0.137. The lowest BCUT2D eigenvalue weighted by Gasteiger charge is -2.17. The third-order valence-electron chi connectivity index (χ3n) is 3.11. The minimum absolute atomic E-state index is 0.0126. The molecule has 0 unspecified atom stereocenters.